The molecule has 0 fully saturated rings. The molecule has 0 aliphatic heterocycles. The van der Waals surface area contributed by atoms with Gasteiger partial charge in [0.25, 0.3) is 0 Å². The van der Waals surface area contributed by atoms with Crippen molar-refractivity contribution in [2.45, 2.75) is 26.3 Å². The van der Waals surface area contributed by atoms with Crippen LogP contribution in [-0.2, 0) is 0 Å². The van der Waals surface area contributed by atoms with Crippen LogP contribution in [0.15, 0.2) is 71.7 Å². The Labute approximate surface area is 164 Å². The quantitative estimate of drug-likeness (QED) is 0.408. The van der Waals surface area contributed by atoms with Crippen molar-refractivity contribution >= 4 is 27.8 Å². The maximum atomic E-state index is 11.2. The topological polar surface area (TPSA) is 52.8 Å². The fourth-order valence-corrected chi connectivity index (χ4v) is 3.50. The third-order valence-electron chi connectivity index (χ3n) is 4.80. The van der Waals surface area contributed by atoms with Gasteiger partial charge in [0.2, 0.25) is 0 Å². The SMILES string of the molecule is CC(C)(C)N=Cc1cc2ccccc2c(-c2c(O)ccc3ccccc23)c1O. The highest BCUT2D eigenvalue weighted by Gasteiger charge is 2.19. The second kappa shape index (κ2) is 6.68. The predicted octanol–water partition coefficient (Wildman–Crippen LogP) is 6.29. The Balaban J connectivity index is 2.12. The van der Waals surface area contributed by atoms with Crippen molar-refractivity contribution in [2.75, 3.05) is 0 Å². The average Bonchev–Trinajstić information content (AvgIpc) is 2.67. The highest BCUT2D eigenvalue weighted by molar-refractivity contribution is 6.12. The van der Waals surface area contributed by atoms with E-state index in [1.807, 2.05) is 81.4 Å². The molecular formula is C25H23NO2. The van der Waals surface area contributed by atoms with Crippen LogP contribution in [0.25, 0.3) is 32.7 Å². The number of aromatic hydroxyl groups is 2. The molecule has 0 heterocycles. The zero-order valence-corrected chi connectivity index (χ0v) is 16.3. The van der Waals surface area contributed by atoms with E-state index >= 15 is 0 Å². The zero-order chi connectivity index (χ0) is 19.9. The molecule has 0 bridgehead atoms. The molecule has 28 heavy (non-hydrogen) atoms. The third-order valence-corrected chi connectivity index (χ3v) is 4.80. The summed E-state index contributed by atoms with van der Waals surface area (Å²) in [6.07, 6.45) is 1.72. The van der Waals surface area contributed by atoms with E-state index in [0.717, 1.165) is 21.5 Å². The summed E-state index contributed by atoms with van der Waals surface area (Å²) in [5.41, 5.74) is 1.65. The first-order chi connectivity index (χ1) is 13.3. The van der Waals surface area contributed by atoms with Crippen LogP contribution in [0.4, 0.5) is 0 Å². The molecule has 4 rings (SSSR count). The van der Waals surface area contributed by atoms with Crippen LogP contribution >= 0.6 is 0 Å². The lowest BCUT2D eigenvalue weighted by Crippen LogP contribution is -2.09. The van der Waals surface area contributed by atoms with Crippen molar-refractivity contribution in [3.63, 3.8) is 0 Å². The number of hydrogen-bond donors (Lipinski definition) is 2. The Hall–Kier alpha value is -3.33. The van der Waals surface area contributed by atoms with Gasteiger partial charge in [0, 0.05) is 22.9 Å². The first-order valence-electron chi connectivity index (χ1n) is 9.36. The number of hydrogen-bond acceptors (Lipinski definition) is 3. The van der Waals surface area contributed by atoms with Crippen LogP contribution in [0.3, 0.4) is 0 Å². The van der Waals surface area contributed by atoms with Gasteiger partial charge in [-0.15, -0.1) is 0 Å². The number of rotatable bonds is 2. The van der Waals surface area contributed by atoms with Crippen LogP contribution in [0.5, 0.6) is 11.5 Å². The summed E-state index contributed by atoms with van der Waals surface area (Å²) < 4.78 is 0. The minimum Gasteiger partial charge on any atom is -0.507 e. The van der Waals surface area contributed by atoms with Crippen molar-refractivity contribution in [1.82, 2.24) is 0 Å². The van der Waals surface area contributed by atoms with Gasteiger partial charge < -0.3 is 10.2 Å². The number of benzene rings is 4. The molecule has 0 atom stereocenters. The average molecular weight is 369 g/mol. The Morgan fingerprint density at radius 1 is 0.750 bits per heavy atom. The van der Waals surface area contributed by atoms with Crippen molar-refractivity contribution in [3.8, 4) is 22.6 Å². The van der Waals surface area contributed by atoms with Crippen LogP contribution in [0, 0.1) is 0 Å². The summed E-state index contributed by atoms with van der Waals surface area (Å²) in [7, 11) is 0. The molecule has 0 amide bonds. The maximum Gasteiger partial charge on any atom is 0.132 e. The monoisotopic (exact) mass is 369 g/mol. The van der Waals surface area contributed by atoms with E-state index < -0.39 is 0 Å². The summed E-state index contributed by atoms with van der Waals surface area (Å²) in [4.78, 5) is 4.57. The zero-order valence-electron chi connectivity index (χ0n) is 16.3. The van der Waals surface area contributed by atoms with Crippen molar-refractivity contribution in [1.29, 1.82) is 0 Å². The van der Waals surface area contributed by atoms with Gasteiger partial charge in [-0.25, -0.2) is 0 Å². The molecule has 0 saturated carbocycles. The van der Waals surface area contributed by atoms with Crippen LogP contribution in [-0.4, -0.2) is 22.0 Å². The fraction of sp³-hybridized carbons (Fsp3) is 0.160. The van der Waals surface area contributed by atoms with Gasteiger partial charge in [-0.05, 0) is 54.4 Å². The Bertz CT molecular complexity index is 1220. The van der Waals surface area contributed by atoms with E-state index in [9.17, 15) is 10.2 Å². The van der Waals surface area contributed by atoms with Crippen LogP contribution < -0.4 is 0 Å². The smallest absolute Gasteiger partial charge is 0.132 e. The highest BCUT2D eigenvalue weighted by atomic mass is 16.3. The molecule has 140 valence electrons. The predicted molar refractivity (Wildman–Crippen MR) is 118 cm³/mol. The van der Waals surface area contributed by atoms with Gasteiger partial charge in [-0.3, -0.25) is 4.99 Å². The molecule has 0 aromatic heterocycles. The van der Waals surface area contributed by atoms with Gasteiger partial charge in [0.1, 0.15) is 11.5 Å². The fourth-order valence-electron chi connectivity index (χ4n) is 3.50. The largest absolute Gasteiger partial charge is 0.507 e. The van der Waals surface area contributed by atoms with Crippen LogP contribution in [0.2, 0.25) is 0 Å². The second-order valence-corrected chi connectivity index (χ2v) is 8.02. The van der Waals surface area contributed by atoms with Gasteiger partial charge >= 0.3 is 0 Å². The third kappa shape index (κ3) is 3.20. The van der Waals surface area contributed by atoms with E-state index in [4.69, 9.17) is 0 Å². The van der Waals surface area contributed by atoms with E-state index in [2.05, 4.69) is 4.99 Å². The van der Waals surface area contributed by atoms with Crippen molar-refractivity contribution in [2.24, 2.45) is 4.99 Å². The standard InChI is InChI=1S/C25H23NO2/c1-25(2,3)26-15-18-14-17-9-5-7-11-20(17)23(24(18)28)22-19-10-6-4-8-16(19)12-13-21(22)27/h4-15,27-28H,1-3H3. The Morgan fingerprint density at radius 3 is 2.04 bits per heavy atom. The molecule has 0 aliphatic carbocycles. The minimum atomic E-state index is -0.250. The van der Waals surface area contributed by atoms with Crippen molar-refractivity contribution < 1.29 is 10.2 Å². The van der Waals surface area contributed by atoms with E-state index in [0.29, 0.717) is 16.7 Å². The van der Waals surface area contributed by atoms with Gasteiger partial charge in [0.15, 0.2) is 0 Å². The molecule has 4 aromatic carbocycles. The first kappa shape index (κ1) is 18.1. The van der Waals surface area contributed by atoms with Crippen LogP contribution in [0.1, 0.15) is 26.3 Å². The summed E-state index contributed by atoms with van der Waals surface area (Å²) in [5, 5.41) is 25.7. The Morgan fingerprint density at radius 2 is 1.36 bits per heavy atom. The van der Waals surface area contributed by atoms with Gasteiger partial charge in [-0.2, -0.15) is 0 Å². The Kier molecular flexibility index (Phi) is 4.31. The molecular weight excluding hydrogens is 346 g/mol. The summed E-state index contributed by atoms with van der Waals surface area (Å²) >= 11 is 0. The minimum absolute atomic E-state index is 0.123. The lowest BCUT2D eigenvalue weighted by molar-refractivity contribution is 0.469. The first-order valence-corrected chi connectivity index (χ1v) is 9.36. The molecule has 2 N–H and O–H groups in total. The highest BCUT2D eigenvalue weighted by Crippen LogP contribution is 2.45. The normalized spacial score (nSPS) is 12.2. The van der Waals surface area contributed by atoms with E-state index in [1.54, 1.807) is 12.3 Å². The summed E-state index contributed by atoms with van der Waals surface area (Å²) in [5.74, 6) is 0.266. The molecule has 0 radical (unpaired) electrons. The van der Waals surface area contributed by atoms with Gasteiger partial charge in [-0.1, -0.05) is 54.6 Å². The molecule has 3 heteroatoms. The number of phenols is 2. The summed E-state index contributed by atoms with van der Waals surface area (Å²) in [6, 6.07) is 21.3. The summed E-state index contributed by atoms with van der Waals surface area (Å²) in [6.45, 7) is 6.04. The molecule has 0 saturated heterocycles. The lowest BCUT2D eigenvalue weighted by Gasteiger charge is -2.17. The molecule has 3 nitrogen and oxygen atoms in total. The van der Waals surface area contributed by atoms with E-state index in [-0.39, 0.29) is 17.0 Å². The second-order valence-electron chi connectivity index (χ2n) is 8.02. The molecule has 0 spiro atoms. The number of aliphatic imine (C=N–C) groups is 1. The molecule has 0 aliphatic rings. The van der Waals surface area contributed by atoms with Crippen molar-refractivity contribution in [3.05, 3.63) is 72.3 Å². The van der Waals surface area contributed by atoms with E-state index in [1.165, 1.54) is 0 Å². The molecule has 4 aromatic rings. The number of phenolic OH excluding ortho intramolecular Hbond substituents is 2. The van der Waals surface area contributed by atoms with Gasteiger partial charge in [0.05, 0.1) is 5.54 Å². The number of nitrogens with zero attached hydrogens (tertiary/aromatic N) is 1. The lowest BCUT2D eigenvalue weighted by atomic mass is 9.90. The number of fused-ring (bicyclic) bond motifs is 2. The maximum absolute atomic E-state index is 11.2. The molecule has 0 unspecified atom stereocenters.